The number of aromatic amines is 1. The van der Waals surface area contributed by atoms with E-state index in [0.717, 1.165) is 5.56 Å². The van der Waals surface area contributed by atoms with Crippen molar-refractivity contribution >= 4 is 11.9 Å². The number of nitrogens with one attached hydrogen (secondary N) is 2. The van der Waals surface area contributed by atoms with Crippen molar-refractivity contribution in [3.63, 3.8) is 0 Å². The fourth-order valence-corrected chi connectivity index (χ4v) is 1.62. The number of anilines is 1. The lowest BCUT2D eigenvalue weighted by Crippen LogP contribution is -2.20. The number of rotatable bonds is 6. The zero-order valence-electron chi connectivity index (χ0n) is 12.3. The van der Waals surface area contributed by atoms with Gasteiger partial charge in [-0.15, -0.1) is 5.10 Å². The van der Waals surface area contributed by atoms with E-state index in [1.165, 1.54) is 5.56 Å². The quantitative estimate of drug-likeness (QED) is 0.847. The summed E-state index contributed by atoms with van der Waals surface area (Å²) in [5, 5.41) is 8.89. The molecule has 0 spiro atoms. The Morgan fingerprint density at radius 2 is 2.10 bits per heavy atom. The summed E-state index contributed by atoms with van der Waals surface area (Å²) in [6.45, 7) is 6.19. The van der Waals surface area contributed by atoms with Crippen LogP contribution >= 0.6 is 0 Å². The molecule has 2 N–H and O–H groups in total. The molecule has 0 atom stereocenters. The van der Waals surface area contributed by atoms with E-state index in [-0.39, 0.29) is 24.5 Å². The summed E-state index contributed by atoms with van der Waals surface area (Å²) < 4.78 is 10.5. The number of aryl methyl sites for hydroxylation is 2. The van der Waals surface area contributed by atoms with Gasteiger partial charge in [-0.1, -0.05) is 6.07 Å². The number of hydrogen-bond donors (Lipinski definition) is 2. The molecule has 0 aliphatic rings. The van der Waals surface area contributed by atoms with Gasteiger partial charge in [0.05, 0.1) is 6.61 Å². The molecule has 0 saturated heterocycles. The molecule has 0 aliphatic carbocycles. The van der Waals surface area contributed by atoms with E-state index >= 15 is 0 Å². The molecule has 2 rings (SSSR count). The fraction of sp³-hybridized carbons (Fsp3) is 0.357. The number of carbonyl (C=O) groups excluding carboxylic acids is 1. The van der Waals surface area contributed by atoms with Crippen molar-refractivity contribution in [3.8, 4) is 11.8 Å². The second-order valence-electron chi connectivity index (χ2n) is 4.48. The van der Waals surface area contributed by atoms with Gasteiger partial charge in [0.1, 0.15) is 5.75 Å². The maximum atomic E-state index is 11.7. The van der Waals surface area contributed by atoms with Crippen molar-refractivity contribution in [1.82, 2.24) is 15.2 Å². The third-order valence-corrected chi connectivity index (χ3v) is 2.84. The zero-order chi connectivity index (χ0) is 15.2. The Morgan fingerprint density at radius 1 is 1.29 bits per heavy atom. The van der Waals surface area contributed by atoms with E-state index in [4.69, 9.17) is 9.47 Å². The fourth-order valence-electron chi connectivity index (χ4n) is 1.62. The number of H-pyrrole nitrogens is 1. The standard InChI is InChI=1S/C14H18N4O3/c1-4-20-14-16-13(17-18-14)15-12(19)8-21-11-6-5-9(2)10(3)7-11/h5-7H,4,8H2,1-3H3,(H2,15,16,17,18,19). The van der Waals surface area contributed by atoms with Crippen LogP contribution in [0.4, 0.5) is 5.95 Å². The number of ether oxygens (including phenoxy) is 2. The molecule has 0 aliphatic heterocycles. The molecule has 1 amide bonds. The smallest absolute Gasteiger partial charge is 0.337 e. The molecular weight excluding hydrogens is 272 g/mol. The van der Waals surface area contributed by atoms with Crippen molar-refractivity contribution in [1.29, 1.82) is 0 Å². The van der Waals surface area contributed by atoms with E-state index in [9.17, 15) is 4.79 Å². The van der Waals surface area contributed by atoms with E-state index in [1.807, 2.05) is 39.0 Å². The summed E-state index contributed by atoms with van der Waals surface area (Å²) in [5.74, 6) is 0.556. The zero-order valence-corrected chi connectivity index (χ0v) is 12.3. The predicted octanol–water partition coefficient (Wildman–Crippen LogP) is 1.84. The first kappa shape index (κ1) is 14.8. The Hall–Kier alpha value is -2.57. The van der Waals surface area contributed by atoms with Gasteiger partial charge in [-0.2, -0.15) is 4.98 Å². The van der Waals surface area contributed by atoms with Gasteiger partial charge in [0.25, 0.3) is 5.91 Å². The topological polar surface area (TPSA) is 89.1 Å². The average molecular weight is 290 g/mol. The summed E-state index contributed by atoms with van der Waals surface area (Å²) >= 11 is 0. The molecule has 0 fully saturated rings. The summed E-state index contributed by atoms with van der Waals surface area (Å²) in [4.78, 5) is 15.7. The molecule has 0 bridgehead atoms. The number of carbonyl (C=O) groups is 1. The van der Waals surface area contributed by atoms with Gasteiger partial charge in [-0.05, 0) is 44.0 Å². The van der Waals surface area contributed by atoms with Gasteiger partial charge in [-0.25, -0.2) is 5.10 Å². The van der Waals surface area contributed by atoms with Crippen molar-refractivity contribution in [3.05, 3.63) is 29.3 Å². The van der Waals surface area contributed by atoms with E-state index < -0.39 is 0 Å². The van der Waals surface area contributed by atoms with Crippen molar-refractivity contribution in [2.24, 2.45) is 0 Å². The molecule has 1 aromatic heterocycles. The van der Waals surface area contributed by atoms with Gasteiger partial charge in [0.15, 0.2) is 6.61 Å². The van der Waals surface area contributed by atoms with E-state index in [2.05, 4.69) is 20.5 Å². The van der Waals surface area contributed by atoms with Crippen molar-refractivity contribution in [2.45, 2.75) is 20.8 Å². The molecule has 7 heteroatoms. The van der Waals surface area contributed by atoms with Crippen LogP contribution in [-0.4, -0.2) is 34.3 Å². The normalized spacial score (nSPS) is 10.2. The lowest BCUT2D eigenvalue weighted by atomic mass is 10.1. The van der Waals surface area contributed by atoms with Crippen LogP contribution in [0.1, 0.15) is 18.1 Å². The molecule has 1 heterocycles. The molecule has 0 unspecified atom stereocenters. The second-order valence-corrected chi connectivity index (χ2v) is 4.48. The molecule has 112 valence electrons. The molecular formula is C14H18N4O3. The van der Waals surface area contributed by atoms with Crippen LogP contribution < -0.4 is 14.8 Å². The second kappa shape index (κ2) is 6.74. The summed E-state index contributed by atoms with van der Waals surface area (Å²) in [6, 6.07) is 5.87. The minimum atomic E-state index is -0.326. The van der Waals surface area contributed by atoms with Crippen LogP contribution in [0.15, 0.2) is 18.2 Å². The SMILES string of the molecule is CCOc1n[nH]c(NC(=O)COc2ccc(C)c(C)c2)n1. The molecule has 0 saturated carbocycles. The first-order chi connectivity index (χ1) is 10.1. The maximum absolute atomic E-state index is 11.7. The first-order valence-electron chi connectivity index (χ1n) is 6.63. The summed E-state index contributed by atoms with van der Waals surface area (Å²) in [6.07, 6.45) is 0. The summed E-state index contributed by atoms with van der Waals surface area (Å²) in [7, 11) is 0. The number of hydrogen-bond acceptors (Lipinski definition) is 5. The van der Waals surface area contributed by atoms with Gasteiger partial charge in [-0.3, -0.25) is 10.1 Å². The highest BCUT2D eigenvalue weighted by Gasteiger charge is 2.08. The molecule has 1 aromatic carbocycles. The van der Waals surface area contributed by atoms with Gasteiger partial charge >= 0.3 is 6.01 Å². The van der Waals surface area contributed by atoms with Crippen molar-refractivity contribution < 1.29 is 14.3 Å². The number of amides is 1. The van der Waals surface area contributed by atoms with Crippen LogP contribution in [0, 0.1) is 13.8 Å². The van der Waals surface area contributed by atoms with Crippen molar-refractivity contribution in [2.75, 3.05) is 18.5 Å². The monoisotopic (exact) mass is 290 g/mol. The lowest BCUT2D eigenvalue weighted by molar-refractivity contribution is -0.118. The Bertz CT molecular complexity index is 624. The third kappa shape index (κ3) is 4.20. The Labute approximate surface area is 122 Å². The van der Waals surface area contributed by atoms with Gasteiger partial charge in [0.2, 0.25) is 5.95 Å². The highest BCUT2D eigenvalue weighted by atomic mass is 16.5. The Kier molecular flexibility index (Phi) is 4.76. The molecule has 21 heavy (non-hydrogen) atoms. The molecule has 7 nitrogen and oxygen atoms in total. The van der Waals surface area contributed by atoms with E-state index in [0.29, 0.717) is 12.4 Å². The lowest BCUT2D eigenvalue weighted by Gasteiger charge is -2.07. The third-order valence-electron chi connectivity index (χ3n) is 2.84. The van der Waals surface area contributed by atoms with Gasteiger partial charge in [0, 0.05) is 0 Å². The average Bonchev–Trinajstić information content (AvgIpc) is 2.88. The molecule has 0 radical (unpaired) electrons. The van der Waals surface area contributed by atoms with Crippen LogP contribution in [0.25, 0.3) is 0 Å². The maximum Gasteiger partial charge on any atom is 0.337 e. The highest BCUT2D eigenvalue weighted by molar-refractivity contribution is 5.90. The van der Waals surface area contributed by atoms with Gasteiger partial charge < -0.3 is 9.47 Å². The largest absolute Gasteiger partial charge is 0.484 e. The number of aromatic nitrogens is 3. The first-order valence-corrected chi connectivity index (χ1v) is 6.63. The van der Waals surface area contributed by atoms with Crippen LogP contribution in [-0.2, 0) is 4.79 Å². The minimum absolute atomic E-state index is 0.104. The Balaban J connectivity index is 1.85. The predicted molar refractivity (Wildman–Crippen MR) is 77.6 cm³/mol. The Morgan fingerprint density at radius 3 is 2.81 bits per heavy atom. The number of nitrogens with zero attached hydrogens (tertiary/aromatic N) is 2. The van der Waals surface area contributed by atoms with E-state index in [1.54, 1.807) is 0 Å². The molecule has 2 aromatic rings. The van der Waals surface area contributed by atoms with Crippen LogP contribution in [0.2, 0.25) is 0 Å². The van der Waals surface area contributed by atoms with Crippen LogP contribution in [0.5, 0.6) is 11.8 Å². The summed E-state index contributed by atoms with van der Waals surface area (Å²) in [5.41, 5.74) is 2.29. The van der Waals surface area contributed by atoms with Crippen LogP contribution in [0.3, 0.4) is 0 Å². The minimum Gasteiger partial charge on any atom is -0.484 e. The number of benzene rings is 1. The highest BCUT2D eigenvalue weighted by Crippen LogP contribution is 2.16.